The Balaban J connectivity index is 1.61. The van der Waals surface area contributed by atoms with Gasteiger partial charge in [-0.3, -0.25) is 0 Å². The maximum absolute atomic E-state index is 4.72. The van der Waals surface area contributed by atoms with Gasteiger partial charge in [0.2, 0.25) is 0 Å². The third-order valence-corrected chi connectivity index (χ3v) is 4.42. The summed E-state index contributed by atoms with van der Waals surface area (Å²) < 4.78 is 0. The summed E-state index contributed by atoms with van der Waals surface area (Å²) in [6.45, 7) is 5.88. The van der Waals surface area contributed by atoms with E-state index in [4.69, 9.17) is 4.98 Å². The Bertz CT molecular complexity index is 464. The van der Waals surface area contributed by atoms with E-state index in [0.717, 1.165) is 17.5 Å². The van der Waals surface area contributed by atoms with Gasteiger partial charge < -0.3 is 15.5 Å². The summed E-state index contributed by atoms with van der Waals surface area (Å²) >= 11 is 0. The lowest BCUT2D eigenvalue weighted by Gasteiger charge is -2.32. The Hall–Kier alpha value is -1.36. The molecule has 0 unspecified atom stereocenters. The molecule has 21 heavy (non-hydrogen) atoms. The maximum atomic E-state index is 4.72. The second-order valence-corrected chi connectivity index (χ2v) is 6.28. The van der Waals surface area contributed by atoms with E-state index in [1.54, 1.807) is 0 Å². The van der Waals surface area contributed by atoms with Gasteiger partial charge in [0.25, 0.3) is 0 Å². The highest BCUT2D eigenvalue weighted by atomic mass is 15.2. The van der Waals surface area contributed by atoms with Crippen molar-refractivity contribution in [1.29, 1.82) is 0 Å². The monoisotopic (exact) mass is 289 g/mol. The molecule has 0 bridgehead atoms. The summed E-state index contributed by atoms with van der Waals surface area (Å²) in [5.41, 5.74) is 0. The van der Waals surface area contributed by atoms with E-state index in [1.165, 1.54) is 51.7 Å². The first-order valence-corrected chi connectivity index (χ1v) is 8.34. The van der Waals surface area contributed by atoms with Crippen molar-refractivity contribution in [2.75, 3.05) is 37.3 Å². The van der Waals surface area contributed by atoms with Crippen molar-refractivity contribution in [1.82, 2.24) is 14.9 Å². The van der Waals surface area contributed by atoms with Crippen LogP contribution in [0.3, 0.4) is 0 Å². The van der Waals surface area contributed by atoms with Crippen LogP contribution in [-0.2, 0) is 0 Å². The lowest BCUT2D eigenvalue weighted by molar-refractivity contribution is 0.219. The molecule has 0 aromatic carbocycles. The Labute approximate surface area is 127 Å². The van der Waals surface area contributed by atoms with Crippen molar-refractivity contribution in [3.8, 4) is 0 Å². The fourth-order valence-electron chi connectivity index (χ4n) is 3.02. The number of nitrogens with one attached hydrogen (secondary N) is 2. The van der Waals surface area contributed by atoms with Crippen LogP contribution >= 0.6 is 0 Å². The van der Waals surface area contributed by atoms with Crippen LogP contribution in [0.1, 0.15) is 50.8 Å². The molecule has 2 N–H and O–H groups in total. The van der Waals surface area contributed by atoms with Crippen molar-refractivity contribution in [2.45, 2.75) is 51.0 Å². The highest BCUT2D eigenvalue weighted by molar-refractivity contribution is 5.48. The van der Waals surface area contributed by atoms with E-state index < -0.39 is 0 Å². The fraction of sp³-hybridized carbons (Fsp3) is 0.750. The Morgan fingerprint density at radius 2 is 1.86 bits per heavy atom. The summed E-state index contributed by atoms with van der Waals surface area (Å²) in [6.07, 6.45) is 6.14. The normalized spacial score (nSPS) is 20.5. The lowest BCUT2D eigenvalue weighted by atomic mass is 10.0. The minimum Gasteiger partial charge on any atom is -0.373 e. The van der Waals surface area contributed by atoms with Gasteiger partial charge in [-0.25, -0.2) is 9.97 Å². The average molecular weight is 289 g/mol. The lowest BCUT2D eigenvalue weighted by Crippen LogP contribution is -2.39. The van der Waals surface area contributed by atoms with Gasteiger partial charge in [-0.2, -0.15) is 0 Å². The fourth-order valence-corrected chi connectivity index (χ4v) is 3.02. The van der Waals surface area contributed by atoms with Crippen LogP contribution < -0.4 is 10.6 Å². The zero-order valence-corrected chi connectivity index (χ0v) is 13.2. The van der Waals surface area contributed by atoms with E-state index >= 15 is 0 Å². The second kappa shape index (κ2) is 6.60. The Kier molecular flexibility index (Phi) is 4.58. The van der Waals surface area contributed by atoms with Gasteiger partial charge in [-0.15, -0.1) is 0 Å². The molecule has 1 aliphatic carbocycles. The quantitative estimate of drug-likeness (QED) is 0.843. The third-order valence-electron chi connectivity index (χ3n) is 4.42. The highest BCUT2D eigenvalue weighted by Crippen LogP contribution is 2.38. The molecule has 0 amide bonds. The molecule has 0 radical (unpaired) electrons. The third kappa shape index (κ3) is 3.84. The molecule has 116 valence electrons. The summed E-state index contributed by atoms with van der Waals surface area (Å²) in [7, 11) is 1.92. The van der Waals surface area contributed by atoms with Crippen molar-refractivity contribution in [3.63, 3.8) is 0 Å². The topological polar surface area (TPSA) is 53.1 Å². The minimum absolute atomic E-state index is 0.546. The predicted molar refractivity (Wildman–Crippen MR) is 86.9 cm³/mol. The van der Waals surface area contributed by atoms with Gasteiger partial charge in [-0.05, 0) is 38.6 Å². The van der Waals surface area contributed by atoms with Crippen LogP contribution in [0.5, 0.6) is 0 Å². The van der Waals surface area contributed by atoms with Gasteiger partial charge in [0.1, 0.15) is 17.5 Å². The molecule has 2 aliphatic rings. The second-order valence-electron chi connectivity index (χ2n) is 6.28. The molecule has 1 aromatic heterocycles. The number of likely N-dealkylation sites (tertiary alicyclic amines) is 1. The number of nitrogens with zero attached hydrogens (tertiary/aromatic N) is 3. The number of rotatable bonds is 6. The molecule has 3 rings (SSSR count). The molecule has 0 atom stereocenters. The van der Waals surface area contributed by atoms with Gasteiger partial charge in [0.15, 0.2) is 0 Å². The van der Waals surface area contributed by atoms with Crippen molar-refractivity contribution in [2.24, 2.45) is 0 Å². The summed E-state index contributed by atoms with van der Waals surface area (Å²) in [5.74, 6) is 3.51. The molecule has 2 heterocycles. The SMILES string of the molecule is CCCN1CCC(Nc2cc(NC)nc(C3CC3)n2)CC1. The van der Waals surface area contributed by atoms with Crippen LogP contribution in [0.2, 0.25) is 0 Å². The minimum atomic E-state index is 0.546. The Morgan fingerprint density at radius 3 is 2.48 bits per heavy atom. The summed E-state index contributed by atoms with van der Waals surface area (Å²) in [4.78, 5) is 11.9. The molecule has 2 fully saturated rings. The van der Waals surface area contributed by atoms with Gasteiger partial charge in [0, 0.05) is 38.2 Å². The zero-order valence-electron chi connectivity index (χ0n) is 13.2. The Morgan fingerprint density at radius 1 is 1.14 bits per heavy atom. The molecule has 1 aliphatic heterocycles. The van der Waals surface area contributed by atoms with E-state index in [1.807, 2.05) is 13.1 Å². The first-order chi connectivity index (χ1) is 10.3. The molecule has 0 spiro atoms. The molecule has 5 nitrogen and oxygen atoms in total. The highest BCUT2D eigenvalue weighted by Gasteiger charge is 2.27. The van der Waals surface area contributed by atoms with E-state index in [9.17, 15) is 0 Å². The van der Waals surface area contributed by atoms with Gasteiger partial charge in [-0.1, -0.05) is 6.92 Å². The van der Waals surface area contributed by atoms with Crippen LogP contribution in [0.15, 0.2) is 6.07 Å². The van der Waals surface area contributed by atoms with Crippen molar-refractivity contribution < 1.29 is 0 Å². The van der Waals surface area contributed by atoms with E-state index in [0.29, 0.717) is 12.0 Å². The standard InChI is InChI=1S/C16H27N5/c1-3-8-21-9-6-13(7-10-21)18-15-11-14(17-2)19-16(20-15)12-4-5-12/h11-13H,3-10H2,1-2H3,(H2,17,18,19,20). The summed E-state index contributed by atoms with van der Waals surface area (Å²) in [6, 6.07) is 2.58. The van der Waals surface area contributed by atoms with Crippen LogP contribution in [0.25, 0.3) is 0 Å². The first-order valence-electron chi connectivity index (χ1n) is 8.34. The van der Waals surface area contributed by atoms with Crippen LogP contribution in [0, 0.1) is 0 Å². The van der Waals surface area contributed by atoms with Crippen LogP contribution in [-0.4, -0.2) is 47.6 Å². The molecule has 1 aromatic rings. The zero-order chi connectivity index (χ0) is 14.7. The maximum Gasteiger partial charge on any atom is 0.136 e. The largest absolute Gasteiger partial charge is 0.373 e. The predicted octanol–water partition coefficient (Wildman–Crippen LogP) is 2.68. The van der Waals surface area contributed by atoms with Gasteiger partial charge in [0.05, 0.1) is 0 Å². The first kappa shape index (κ1) is 14.6. The number of aromatic nitrogens is 2. The van der Waals surface area contributed by atoms with Gasteiger partial charge >= 0.3 is 0 Å². The molecule has 1 saturated heterocycles. The molecular weight excluding hydrogens is 262 g/mol. The molecule has 5 heteroatoms. The average Bonchev–Trinajstić information content (AvgIpc) is 3.34. The number of hydrogen-bond acceptors (Lipinski definition) is 5. The summed E-state index contributed by atoms with van der Waals surface area (Å²) in [5, 5.41) is 6.78. The molecule has 1 saturated carbocycles. The smallest absolute Gasteiger partial charge is 0.136 e. The van der Waals surface area contributed by atoms with E-state index in [-0.39, 0.29) is 0 Å². The van der Waals surface area contributed by atoms with Crippen LogP contribution in [0.4, 0.5) is 11.6 Å². The number of anilines is 2. The number of piperidine rings is 1. The van der Waals surface area contributed by atoms with Crippen molar-refractivity contribution >= 4 is 11.6 Å². The molecular formula is C16H27N5. The number of hydrogen-bond donors (Lipinski definition) is 2. The van der Waals surface area contributed by atoms with Crippen molar-refractivity contribution in [3.05, 3.63) is 11.9 Å². The van der Waals surface area contributed by atoms with E-state index in [2.05, 4.69) is 27.4 Å².